The highest BCUT2D eigenvalue weighted by Crippen LogP contribution is 2.20. The third-order valence-electron chi connectivity index (χ3n) is 4.32. The van der Waals surface area contributed by atoms with E-state index >= 15 is 0 Å². The van der Waals surface area contributed by atoms with Crippen molar-refractivity contribution in [3.8, 4) is 11.1 Å². The first-order valence-corrected chi connectivity index (χ1v) is 8.48. The quantitative estimate of drug-likeness (QED) is 0.839. The van der Waals surface area contributed by atoms with E-state index in [0.29, 0.717) is 12.2 Å². The first-order valence-electron chi connectivity index (χ1n) is 8.48. The average molecular weight is 338 g/mol. The Bertz CT molecular complexity index is 814. The van der Waals surface area contributed by atoms with E-state index in [1.807, 2.05) is 30.0 Å². The Hall–Kier alpha value is -2.89. The summed E-state index contributed by atoms with van der Waals surface area (Å²) in [4.78, 5) is 32.8. The molecular weight excluding hydrogens is 316 g/mol. The number of carbonyl (C=O) groups excluding carboxylic acids is 1. The Labute approximate surface area is 146 Å². The van der Waals surface area contributed by atoms with Crippen LogP contribution in [0.15, 0.2) is 53.7 Å². The molecule has 0 bridgehead atoms. The molecule has 1 aliphatic heterocycles. The van der Waals surface area contributed by atoms with Gasteiger partial charge in [0.15, 0.2) is 0 Å². The lowest BCUT2D eigenvalue weighted by atomic mass is 10.0. The molecule has 0 aliphatic carbocycles. The van der Waals surface area contributed by atoms with Crippen LogP contribution in [0.25, 0.3) is 11.1 Å². The maximum absolute atomic E-state index is 12.2. The lowest BCUT2D eigenvalue weighted by Crippen LogP contribution is -2.45. The van der Waals surface area contributed by atoms with Crippen molar-refractivity contribution in [1.82, 2.24) is 14.9 Å². The van der Waals surface area contributed by atoms with E-state index < -0.39 is 0 Å². The Morgan fingerprint density at radius 2 is 2.16 bits per heavy atom. The van der Waals surface area contributed by atoms with Crippen molar-refractivity contribution < 1.29 is 4.79 Å². The molecule has 1 saturated heterocycles. The van der Waals surface area contributed by atoms with Crippen LogP contribution in [-0.4, -0.2) is 39.9 Å². The van der Waals surface area contributed by atoms with E-state index in [0.717, 1.165) is 30.5 Å². The van der Waals surface area contributed by atoms with Crippen LogP contribution in [0.1, 0.15) is 19.8 Å². The van der Waals surface area contributed by atoms with E-state index in [-0.39, 0.29) is 17.5 Å². The number of nitrogens with zero attached hydrogens (tertiary/aromatic N) is 2. The van der Waals surface area contributed by atoms with Gasteiger partial charge < -0.3 is 15.2 Å². The molecule has 1 fully saturated rings. The van der Waals surface area contributed by atoms with Gasteiger partial charge in [0.05, 0.1) is 0 Å². The zero-order valence-corrected chi connectivity index (χ0v) is 14.2. The number of aromatic nitrogens is 2. The summed E-state index contributed by atoms with van der Waals surface area (Å²) in [5.74, 6) is 0.0217. The fraction of sp³-hybridized carbons (Fsp3) is 0.316. The molecule has 6 nitrogen and oxygen atoms in total. The number of hydrogen-bond donors (Lipinski definition) is 2. The molecule has 3 heterocycles. The van der Waals surface area contributed by atoms with Gasteiger partial charge in [0.25, 0.3) is 5.56 Å². The van der Waals surface area contributed by atoms with Gasteiger partial charge in [0.2, 0.25) is 5.91 Å². The zero-order chi connectivity index (χ0) is 17.6. The van der Waals surface area contributed by atoms with Gasteiger partial charge in [-0.25, -0.2) is 0 Å². The second kappa shape index (κ2) is 7.79. The third-order valence-corrected chi connectivity index (χ3v) is 4.32. The minimum atomic E-state index is -0.158. The number of allylic oxidation sites excluding steroid dienone is 1. The highest BCUT2D eigenvalue weighted by Gasteiger charge is 2.22. The van der Waals surface area contributed by atoms with E-state index in [4.69, 9.17) is 0 Å². The van der Waals surface area contributed by atoms with Crippen molar-refractivity contribution in [1.29, 1.82) is 0 Å². The molecule has 0 spiro atoms. The SMILES string of the molecule is CC=CC(=O)N1CCC[C@@H](Nc2cc(-c3ccncc3)c[nH]c2=O)C1. The Morgan fingerprint density at radius 1 is 1.36 bits per heavy atom. The Balaban J connectivity index is 1.76. The minimum absolute atomic E-state index is 0.0217. The summed E-state index contributed by atoms with van der Waals surface area (Å²) in [6, 6.07) is 5.71. The number of anilines is 1. The van der Waals surface area contributed by atoms with Crippen LogP contribution in [0.2, 0.25) is 0 Å². The number of hydrogen-bond acceptors (Lipinski definition) is 4. The van der Waals surface area contributed by atoms with Crippen LogP contribution < -0.4 is 10.9 Å². The summed E-state index contributed by atoms with van der Waals surface area (Å²) in [7, 11) is 0. The van der Waals surface area contributed by atoms with Gasteiger partial charge in [0.1, 0.15) is 5.69 Å². The summed E-state index contributed by atoms with van der Waals surface area (Å²) < 4.78 is 0. The van der Waals surface area contributed by atoms with Gasteiger partial charge in [-0.2, -0.15) is 0 Å². The van der Waals surface area contributed by atoms with Crippen LogP contribution in [0.3, 0.4) is 0 Å². The number of piperidine rings is 1. The highest BCUT2D eigenvalue weighted by atomic mass is 16.2. The molecule has 6 heteroatoms. The molecular formula is C19H22N4O2. The molecule has 25 heavy (non-hydrogen) atoms. The molecule has 2 aromatic heterocycles. The third kappa shape index (κ3) is 4.15. The summed E-state index contributed by atoms with van der Waals surface area (Å²) in [5.41, 5.74) is 2.28. The van der Waals surface area contributed by atoms with Gasteiger partial charge in [-0.1, -0.05) is 6.08 Å². The first-order chi connectivity index (χ1) is 12.2. The maximum atomic E-state index is 12.2. The van der Waals surface area contributed by atoms with Crippen LogP contribution in [0.5, 0.6) is 0 Å². The number of carbonyl (C=O) groups is 1. The molecule has 3 rings (SSSR count). The molecule has 0 radical (unpaired) electrons. The summed E-state index contributed by atoms with van der Waals surface area (Å²) in [6.45, 7) is 3.19. The summed E-state index contributed by atoms with van der Waals surface area (Å²) in [5, 5.41) is 3.31. The maximum Gasteiger partial charge on any atom is 0.271 e. The van der Waals surface area contributed by atoms with Crippen molar-refractivity contribution in [2.45, 2.75) is 25.8 Å². The molecule has 2 aromatic rings. The fourth-order valence-corrected chi connectivity index (χ4v) is 3.07. The van der Waals surface area contributed by atoms with Gasteiger partial charge in [-0.05, 0) is 49.6 Å². The minimum Gasteiger partial charge on any atom is -0.376 e. The Kier molecular flexibility index (Phi) is 5.28. The van der Waals surface area contributed by atoms with Crippen molar-refractivity contribution in [3.05, 3.63) is 59.3 Å². The van der Waals surface area contributed by atoms with Crippen LogP contribution in [0.4, 0.5) is 5.69 Å². The predicted octanol–water partition coefficient (Wildman–Crippen LogP) is 2.42. The molecule has 1 aliphatic rings. The van der Waals surface area contributed by atoms with Gasteiger partial charge in [-0.15, -0.1) is 0 Å². The standard InChI is InChI=1S/C19H22N4O2/c1-2-4-18(24)23-10-3-5-16(13-23)22-17-11-15(12-21-19(17)25)14-6-8-20-9-7-14/h2,4,6-9,11-12,16,22H,3,5,10,13H2,1H3,(H,21,25)/t16-/m1/s1. The average Bonchev–Trinajstić information content (AvgIpc) is 2.65. The van der Waals surface area contributed by atoms with Crippen molar-refractivity contribution >= 4 is 11.6 Å². The molecule has 0 saturated carbocycles. The summed E-state index contributed by atoms with van der Waals surface area (Å²) >= 11 is 0. The number of pyridine rings is 2. The normalized spacial score (nSPS) is 17.6. The van der Waals surface area contributed by atoms with Gasteiger partial charge in [-0.3, -0.25) is 14.6 Å². The second-order valence-electron chi connectivity index (χ2n) is 6.13. The van der Waals surface area contributed by atoms with Crippen molar-refractivity contribution in [3.63, 3.8) is 0 Å². The van der Waals surface area contributed by atoms with E-state index in [9.17, 15) is 9.59 Å². The van der Waals surface area contributed by atoms with E-state index in [1.165, 1.54) is 0 Å². The van der Waals surface area contributed by atoms with E-state index in [2.05, 4.69) is 15.3 Å². The number of rotatable bonds is 4. The lowest BCUT2D eigenvalue weighted by molar-refractivity contribution is -0.127. The largest absolute Gasteiger partial charge is 0.376 e. The highest BCUT2D eigenvalue weighted by molar-refractivity contribution is 5.87. The zero-order valence-electron chi connectivity index (χ0n) is 14.2. The fourth-order valence-electron chi connectivity index (χ4n) is 3.07. The Morgan fingerprint density at radius 3 is 2.92 bits per heavy atom. The molecule has 0 unspecified atom stereocenters. The van der Waals surface area contributed by atoms with Crippen LogP contribution >= 0.6 is 0 Å². The first kappa shape index (κ1) is 17.0. The smallest absolute Gasteiger partial charge is 0.271 e. The van der Waals surface area contributed by atoms with Gasteiger partial charge in [0, 0.05) is 43.3 Å². The predicted molar refractivity (Wildman–Crippen MR) is 98.3 cm³/mol. The topological polar surface area (TPSA) is 78.1 Å². The number of H-pyrrole nitrogens is 1. The number of amides is 1. The number of nitrogens with one attached hydrogen (secondary N) is 2. The molecule has 0 aromatic carbocycles. The van der Waals surface area contributed by atoms with Crippen LogP contribution in [-0.2, 0) is 4.79 Å². The molecule has 1 atom stereocenters. The van der Waals surface area contributed by atoms with Gasteiger partial charge >= 0.3 is 0 Å². The van der Waals surface area contributed by atoms with Crippen LogP contribution in [0, 0.1) is 0 Å². The number of likely N-dealkylation sites (tertiary alicyclic amines) is 1. The molecule has 2 N–H and O–H groups in total. The lowest BCUT2D eigenvalue weighted by Gasteiger charge is -2.33. The molecule has 1 amide bonds. The van der Waals surface area contributed by atoms with Crippen molar-refractivity contribution in [2.75, 3.05) is 18.4 Å². The monoisotopic (exact) mass is 338 g/mol. The van der Waals surface area contributed by atoms with Crippen molar-refractivity contribution in [2.24, 2.45) is 0 Å². The molecule has 130 valence electrons. The number of aromatic amines is 1. The summed E-state index contributed by atoms with van der Waals surface area (Å²) in [6.07, 6.45) is 10.3. The second-order valence-corrected chi connectivity index (χ2v) is 6.13. The van der Waals surface area contributed by atoms with E-state index in [1.54, 1.807) is 30.7 Å².